The number of esters is 1. The van der Waals surface area contributed by atoms with Crippen molar-refractivity contribution >= 4 is 11.9 Å². The standard InChI is InChI=1S/C14H19N3O5/c1-9(13(20)15-10-4-2-3-5-10)22-12(19)8-17-7-6-11(18)16-14(17)21/h6-7,9-10H,2-5,8H2,1H3,(H,15,20)(H,16,18,21)/t9-/m1/s1. The zero-order valence-electron chi connectivity index (χ0n) is 12.3. The first-order chi connectivity index (χ1) is 10.5. The van der Waals surface area contributed by atoms with Crippen LogP contribution in [0.1, 0.15) is 32.6 Å². The van der Waals surface area contributed by atoms with E-state index < -0.39 is 23.3 Å². The van der Waals surface area contributed by atoms with E-state index in [4.69, 9.17) is 4.74 Å². The number of aromatic nitrogens is 2. The minimum absolute atomic E-state index is 0.149. The van der Waals surface area contributed by atoms with Gasteiger partial charge >= 0.3 is 11.7 Å². The average molecular weight is 309 g/mol. The normalized spacial score (nSPS) is 16.2. The van der Waals surface area contributed by atoms with Crippen molar-refractivity contribution in [2.45, 2.75) is 51.3 Å². The molecule has 2 rings (SSSR count). The Morgan fingerprint density at radius 1 is 1.41 bits per heavy atom. The molecule has 0 spiro atoms. The number of rotatable bonds is 5. The van der Waals surface area contributed by atoms with Gasteiger partial charge in [0, 0.05) is 18.3 Å². The minimum atomic E-state index is -0.924. The molecule has 1 fully saturated rings. The minimum Gasteiger partial charge on any atom is -0.451 e. The van der Waals surface area contributed by atoms with E-state index >= 15 is 0 Å². The number of nitrogens with zero attached hydrogens (tertiary/aromatic N) is 1. The smallest absolute Gasteiger partial charge is 0.328 e. The van der Waals surface area contributed by atoms with Crippen molar-refractivity contribution in [3.05, 3.63) is 33.1 Å². The molecule has 8 heteroatoms. The van der Waals surface area contributed by atoms with Gasteiger partial charge in [-0.3, -0.25) is 23.9 Å². The Morgan fingerprint density at radius 2 is 2.09 bits per heavy atom. The molecule has 22 heavy (non-hydrogen) atoms. The lowest BCUT2D eigenvalue weighted by Gasteiger charge is -2.17. The van der Waals surface area contributed by atoms with E-state index in [1.54, 1.807) is 0 Å². The van der Waals surface area contributed by atoms with Gasteiger partial charge in [-0.2, -0.15) is 0 Å². The van der Waals surface area contributed by atoms with Crippen molar-refractivity contribution in [2.24, 2.45) is 0 Å². The lowest BCUT2D eigenvalue weighted by atomic mass is 10.2. The Bertz CT molecular complexity index is 657. The van der Waals surface area contributed by atoms with E-state index in [9.17, 15) is 19.2 Å². The molecule has 0 unspecified atom stereocenters. The predicted molar refractivity (Wildman–Crippen MR) is 77.3 cm³/mol. The summed E-state index contributed by atoms with van der Waals surface area (Å²) in [5.41, 5.74) is -1.24. The van der Waals surface area contributed by atoms with Crippen molar-refractivity contribution in [1.82, 2.24) is 14.9 Å². The number of hydrogen-bond donors (Lipinski definition) is 2. The van der Waals surface area contributed by atoms with Gasteiger partial charge in [0.2, 0.25) is 0 Å². The summed E-state index contributed by atoms with van der Waals surface area (Å²) in [5, 5.41) is 2.83. The zero-order chi connectivity index (χ0) is 16.1. The van der Waals surface area contributed by atoms with Crippen LogP contribution in [0.5, 0.6) is 0 Å². The van der Waals surface area contributed by atoms with Crippen LogP contribution in [0.4, 0.5) is 0 Å². The van der Waals surface area contributed by atoms with Crippen LogP contribution in [0.2, 0.25) is 0 Å². The van der Waals surface area contributed by atoms with Crippen LogP contribution in [-0.2, 0) is 20.9 Å². The second-order valence-electron chi connectivity index (χ2n) is 5.36. The summed E-state index contributed by atoms with van der Waals surface area (Å²) in [7, 11) is 0. The average Bonchev–Trinajstić information content (AvgIpc) is 2.94. The SMILES string of the molecule is C[C@@H](OC(=O)Cn1ccc(=O)[nH]c1=O)C(=O)NC1CCCC1. The number of H-pyrrole nitrogens is 1. The third-order valence-electron chi connectivity index (χ3n) is 3.58. The Kier molecular flexibility index (Phi) is 5.13. The lowest BCUT2D eigenvalue weighted by Crippen LogP contribution is -2.41. The molecule has 1 aromatic heterocycles. The maximum Gasteiger partial charge on any atom is 0.328 e. The summed E-state index contributed by atoms with van der Waals surface area (Å²) < 4.78 is 6.01. The molecular formula is C14H19N3O5. The number of carbonyl (C=O) groups is 2. The second kappa shape index (κ2) is 7.06. The van der Waals surface area contributed by atoms with Crippen LogP contribution < -0.4 is 16.6 Å². The summed E-state index contributed by atoms with van der Waals surface area (Å²) in [4.78, 5) is 48.0. The first-order valence-corrected chi connectivity index (χ1v) is 7.25. The van der Waals surface area contributed by atoms with Crippen molar-refractivity contribution in [2.75, 3.05) is 0 Å². The maximum atomic E-state index is 11.9. The first kappa shape index (κ1) is 16.0. The quantitative estimate of drug-likeness (QED) is 0.714. The third kappa shape index (κ3) is 4.31. The van der Waals surface area contributed by atoms with Gasteiger partial charge < -0.3 is 10.1 Å². The van der Waals surface area contributed by atoms with Gasteiger partial charge in [0.05, 0.1) is 0 Å². The highest BCUT2D eigenvalue weighted by Crippen LogP contribution is 2.17. The summed E-state index contributed by atoms with van der Waals surface area (Å²) in [6.45, 7) is 1.12. The van der Waals surface area contributed by atoms with Crippen LogP contribution >= 0.6 is 0 Å². The Balaban J connectivity index is 1.86. The summed E-state index contributed by atoms with van der Waals surface area (Å²) >= 11 is 0. The molecule has 1 aliphatic rings. The Hall–Kier alpha value is -2.38. The fourth-order valence-electron chi connectivity index (χ4n) is 2.38. The van der Waals surface area contributed by atoms with E-state index in [2.05, 4.69) is 5.32 Å². The molecule has 0 aromatic carbocycles. The maximum absolute atomic E-state index is 11.9. The van der Waals surface area contributed by atoms with Crippen LogP contribution in [-0.4, -0.2) is 33.6 Å². The predicted octanol–water partition coefficient (Wildman–Crippen LogP) is -0.473. The monoisotopic (exact) mass is 309 g/mol. The molecule has 0 bridgehead atoms. The number of carbonyl (C=O) groups excluding carboxylic acids is 2. The van der Waals surface area contributed by atoms with Crippen LogP contribution in [0.3, 0.4) is 0 Å². The van der Waals surface area contributed by atoms with E-state index in [1.165, 1.54) is 13.1 Å². The number of amides is 1. The number of nitrogens with one attached hydrogen (secondary N) is 2. The molecule has 120 valence electrons. The first-order valence-electron chi connectivity index (χ1n) is 7.25. The lowest BCUT2D eigenvalue weighted by molar-refractivity contribution is -0.155. The molecule has 1 aliphatic carbocycles. The zero-order valence-corrected chi connectivity index (χ0v) is 12.3. The van der Waals surface area contributed by atoms with Gasteiger partial charge in [-0.1, -0.05) is 12.8 Å². The molecule has 0 aliphatic heterocycles. The summed E-state index contributed by atoms with van der Waals surface area (Å²) in [5.74, 6) is -1.06. The van der Waals surface area contributed by atoms with E-state index in [0.717, 1.165) is 36.3 Å². The van der Waals surface area contributed by atoms with E-state index in [0.29, 0.717) is 0 Å². The summed E-state index contributed by atoms with van der Waals surface area (Å²) in [6.07, 6.45) is 4.35. The van der Waals surface area contributed by atoms with Crippen molar-refractivity contribution in [3.63, 3.8) is 0 Å². The van der Waals surface area contributed by atoms with Gasteiger partial charge in [0.15, 0.2) is 6.10 Å². The van der Waals surface area contributed by atoms with Gasteiger partial charge in [-0.25, -0.2) is 4.79 Å². The van der Waals surface area contributed by atoms with Gasteiger partial charge in [-0.05, 0) is 19.8 Å². The topological polar surface area (TPSA) is 110 Å². The van der Waals surface area contributed by atoms with Gasteiger partial charge in [0.25, 0.3) is 11.5 Å². The van der Waals surface area contributed by atoms with E-state index in [1.807, 2.05) is 4.98 Å². The highest BCUT2D eigenvalue weighted by molar-refractivity contribution is 5.83. The second-order valence-corrected chi connectivity index (χ2v) is 5.36. The molecule has 2 N–H and O–H groups in total. The molecule has 0 saturated heterocycles. The van der Waals surface area contributed by atoms with Crippen LogP contribution in [0.15, 0.2) is 21.9 Å². The fourth-order valence-corrected chi connectivity index (χ4v) is 2.38. The van der Waals surface area contributed by atoms with Gasteiger partial charge in [-0.15, -0.1) is 0 Å². The van der Waals surface area contributed by atoms with Crippen LogP contribution in [0, 0.1) is 0 Å². The Labute approximate surface area is 126 Å². The van der Waals surface area contributed by atoms with Crippen molar-refractivity contribution < 1.29 is 14.3 Å². The molecular weight excluding hydrogens is 290 g/mol. The molecule has 1 heterocycles. The third-order valence-corrected chi connectivity index (χ3v) is 3.58. The van der Waals surface area contributed by atoms with Crippen LogP contribution in [0.25, 0.3) is 0 Å². The number of ether oxygens (including phenoxy) is 1. The fraction of sp³-hybridized carbons (Fsp3) is 0.571. The Morgan fingerprint density at radius 3 is 2.73 bits per heavy atom. The molecule has 0 radical (unpaired) electrons. The molecule has 1 amide bonds. The molecule has 8 nitrogen and oxygen atoms in total. The molecule has 1 aromatic rings. The molecule has 1 saturated carbocycles. The van der Waals surface area contributed by atoms with Crippen molar-refractivity contribution in [1.29, 1.82) is 0 Å². The number of aromatic amines is 1. The summed E-state index contributed by atoms with van der Waals surface area (Å²) in [6, 6.07) is 1.28. The highest BCUT2D eigenvalue weighted by Gasteiger charge is 2.23. The molecule has 1 atom stereocenters. The largest absolute Gasteiger partial charge is 0.451 e. The highest BCUT2D eigenvalue weighted by atomic mass is 16.5. The van der Waals surface area contributed by atoms with Crippen molar-refractivity contribution in [3.8, 4) is 0 Å². The number of hydrogen-bond acceptors (Lipinski definition) is 5. The van der Waals surface area contributed by atoms with E-state index in [-0.39, 0.29) is 18.5 Å². The van der Waals surface area contributed by atoms with Gasteiger partial charge in [0.1, 0.15) is 6.54 Å².